The molecule has 14 heavy (non-hydrogen) atoms. The van der Waals surface area contributed by atoms with Crippen LogP contribution >= 0.6 is 0 Å². The van der Waals surface area contributed by atoms with Gasteiger partial charge in [0.25, 0.3) is 0 Å². The van der Waals surface area contributed by atoms with Gasteiger partial charge in [-0.2, -0.15) is 0 Å². The summed E-state index contributed by atoms with van der Waals surface area (Å²) in [6, 6.07) is 7.85. The number of ether oxygens (including phenoxy) is 2. The lowest BCUT2D eigenvalue weighted by molar-refractivity contribution is 0.0954. The Labute approximate surface area is 84.8 Å². The topological polar surface area (TPSA) is 44.5 Å². The molecule has 0 aromatic heterocycles. The first-order chi connectivity index (χ1) is 6.83. The van der Waals surface area contributed by atoms with Gasteiger partial charge >= 0.3 is 0 Å². The van der Waals surface area contributed by atoms with Gasteiger partial charge in [-0.1, -0.05) is 18.2 Å². The van der Waals surface area contributed by atoms with Crippen LogP contribution in [0, 0.1) is 0 Å². The first-order valence-electron chi connectivity index (χ1n) is 4.69. The Kier molecular flexibility index (Phi) is 4.43. The molecule has 2 N–H and O–H groups in total. The molecule has 0 aliphatic heterocycles. The van der Waals surface area contributed by atoms with Crippen molar-refractivity contribution in [2.24, 2.45) is 5.73 Å². The highest BCUT2D eigenvalue weighted by Gasteiger charge is 2.13. The van der Waals surface area contributed by atoms with Gasteiger partial charge in [-0.15, -0.1) is 0 Å². The predicted octanol–water partition coefficient (Wildman–Crippen LogP) is 1.73. The van der Waals surface area contributed by atoms with E-state index >= 15 is 0 Å². The van der Waals surface area contributed by atoms with Gasteiger partial charge in [-0.25, -0.2) is 0 Å². The highest BCUT2D eigenvalue weighted by molar-refractivity contribution is 5.35. The summed E-state index contributed by atoms with van der Waals surface area (Å²) in [5.74, 6) is 0.854. The Hall–Kier alpha value is -1.06. The van der Waals surface area contributed by atoms with Gasteiger partial charge in [0, 0.05) is 12.7 Å². The number of nitrogens with two attached hydrogens (primary N) is 1. The molecule has 0 bridgehead atoms. The van der Waals surface area contributed by atoms with Crippen molar-refractivity contribution in [1.29, 1.82) is 0 Å². The van der Waals surface area contributed by atoms with E-state index in [9.17, 15) is 0 Å². The first kappa shape index (κ1) is 11.0. The predicted molar refractivity (Wildman–Crippen MR) is 56.4 cm³/mol. The molecule has 0 aliphatic carbocycles. The van der Waals surface area contributed by atoms with Crippen molar-refractivity contribution in [3.8, 4) is 5.75 Å². The van der Waals surface area contributed by atoms with E-state index in [1.807, 2.05) is 24.3 Å². The third kappa shape index (κ3) is 2.47. The molecule has 0 heterocycles. The van der Waals surface area contributed by atoms with Crippen LogP contribution in [0.15, 0.2) is 24.3 Å². The molecule has 0 fully saturated rings. The summed E-state index contributed by atoms with van der Waals surface area (Å²) in [6.07, 6.45) is 0.827. The third-order valence-electron chi connectivity index (χ3n) is 2.20. The molecule has 1 aromatic rings. The maximum absolute atomic E-state index is 5.51. The van der Waals surface area contributed by atoms with E-state index in [-0.39, 0.29) is 6.10 Å². The van der Waals surface area contributed by atoms with Crippen LogP contribution in [0.2, 0.25) is 0 Å². The van der Waals surface area contributed by atoms with E-state index in [0.717, 1.165) is 17.7 Å². The number of hydrogen-bond acceptors (Lipinski definition) is 3. The highest BCUT2D eigenvalue weighted by atomic mass is 16.5. The summed E-state index contributed by atoms with van der Waals surface area (Å²) >= 11 is 0. The molecule has 78 valence electrons. The zero-order valence-corrected chi connectivity index (χ0v) is 8.69. The second kappa shape index (κ2) is 5.62. The highest BCUT2D eigenvalue weighted by Crippen LogP contribution is 2.28. The van der Waals surface area contributed by atoms with Crippen LogP contribution in [0.1, 0.15) is 18.1 Å². The van der Waals surface area contributed by atoms with E-state index in [1.54, 1.807) is 14.2 Å². The fourth-order valence-electron chi connectivity index (χ4n) is 1.48. The fraction of sp³-hybridized carbons (Fsp3) is 0.455. The number of para-hydroxylation sites is 1. The second-order valence-corrected chi connectivity index (χ2v) is 3.04. The second-order valence-electron chi connectivity index (χ2n) is 3.04. The number of methoxy groups -OCH3 is 2. The zero-order chi connectivity index (χ0) is 10.4. The SMILES string of the molecule is COc1ccccc1C(CCN)OC. The van der Waals surface area contributed by atoms with Gasteiger partial charge in [0.2, 0.25) is 0 Å². The molecule has 0 amide bonds. The number of benzene rings is 1. The van der Waals surface area contributed by atoms with Gasteiger partial charge < -0.3 is 15.2 Å². The molecule has 3 nitrogen and oxygen atoms in total. The average molecular weight is 195 g/mol. The van der Waals surface area contributed by atoms with Gasteiger partial charge in [-0.05, 0) is 19.0 Å². The molecule has 1 aromatic carbocycles. The molecular weight excluding hydrogens is 178 g/mol. The summed E-state index contributed by atoms with van der Waals surface area (Å²) in [5, 5.41) is 0. The van der Waals surface area contributed by atoms with E-state index in [0.29, 0.717) is 6.54 Å². The largest absolute Gasteiger partial charge is 0.496 e. The van der Waals surface area contributed by atoms with E-state index in [4.69, 9.17) is 15.2 Å². The van der Waals surface area contributed by atoms with E-state index in [2.05, 4.69) is 0 Å². The smallest absolute Gasteiger partial charge is 0.124 e. The summed E-state index contributed by atoms with van der Waals surface area (Å²) in [7, 11) is 3.35. The fourth-order valence-corrected chi connectivity index (χ4v) is 1.48. The van der Waals surface area contributed by atoms with E-state index < -0.39 is 0 Å². The van der Waals surface area contributed by atoms with Crippen molar-refractivity contribution in [3.63, 3.8) is 0 Å². The number of rotatable bonds is 5. The monoisotopic (exact) mass is 195 g/mol. The quantitative estimate of drug-likeness (QED) is 0.778. The maximum atomic E-state index is 5.51. The molecular formula is C11H17NO2. The van der Waals surface area contributed by atoms with E-state index in [1.165, 1.54) is 0 Å². The van der Waals surface area contributed by atoms with Crippen molar-refractivity contribution < 1.29 is 9.47 Å². The van der Waals surface area contributed by atoms with Crippen molar-refractivity contribution in [3.05, 3.63) is 29.8 Å². The number of hydrogen-bond donors (Lipinski definition) is 1. The minimum Gasteiger partial charge on any atom is -0.496 e. The molecule has 0 aliphatic rings. The minimum atomic E-state index is 0.0242. The first-order valence-corrected chi connectivity index (χ1v) is 4.69. The van der Waals surface area contributed by atoms with Crippen LogP contribution in [0.5, 0.6) is 5.75 Å². The molecule has 1 unspecified atom stereocenters. The lowest BCUT2D eigenvalue weighted by atomic mass is 10.1. The van der Waals surface area contributed by atoms with Crippen LogP contribution < -0.4 is 10.5 Å². The molecule has 0 radical (unpaired) electrons. The maximum Gasteiger partial charge on any atom is 0.124 e. The van der Waals surface area contributed by atoms with Gasteiger partial charge in [0.05, 0.1) is 13.2 Å². The van der Waals surface area contributed by atoms with Gasteiger partial charge in [0.1, 0.15) is 5.75 Å². The normalized spacial score (nSPS) is 12.5. The zero-order valence-electron chi connectivity index (χ0n) is 8.69. The molecule has 0 saturated heterocycles. The Bertz CT molecular complexity index is 276. The van der Waals surface area contributed by atoms with Gasteiger partial charge in [-0.3, -0.25) is 0 Å². The van der Waals surface area contributed by atoms with Crippen molar-refractivity contribution >= 4 is 0 Å². The summed E-state index contributed by atoms with van der Waals surface area (Å²) in [5.41, 5.74) is 6.57. The summed E-state index contributed by atoms with van der Waals surface area (Å²) < 4.78 is 10.6. The Morgan fingerprint density at radius 2 is 2.00 bits per heavy atom. The van der Waals surface area contributed by atoms with Crippen LogP contribution in [0.25, 0.3) is 0 Å². The Morgan fingerprint density at radius 1 is 1.29 bits per heavy atom. The molecule has 3 heteroatoms. The molecule has 0 spiro atoms. The minimum absolute atomic E-state index is 0.0242. The molecule has 0 saturated carbocycles. The molecule has 1 rings (SSSR count). The van der Waals surface area contributed by atoms with Crippen molar-refractivity contribution in [2.45, 2.75) is 12.5 Å². The van der Waals surface area contributed by atoms with Crippen molar-refractivity contribution in [2.75, 3.05) is 20.8 Å². The van der Waals surface area contributed by atoms with Crippen molar-refractivity contribution in [1.82, 2.24) is 0 Å². The third-order valence-corrected chi connectivity index (χ3v) is 2.20. The van der Waals surface area contributed by atoms with Crippen LogP contribution in [-0.2, 0) is 4.74 Å². The van der Waals surface area contributed by atoms with Crippen LogP contribution in [0.4, 0.5) is 0 Å². The van der Waals surface area contributed by atoms with Crippen LogP contribution in [0.3, 0.4) is 0 Å². The molecule has 1 atom stereocenters. The lowest BCUT2D eigenvalue weighted by Crippen LogP contribution is -2.10. The summed E-state index contributed by atoms with van der Waals surface area (Å²) in [4.78, 5) is 0. The lowest BCUT2D eigenvalue weighted by Gasteiger charge is -2.17. The Balaban J connectivity index is 2.90. The van der Waals surface area contributed by atoms with Gasteiger partial charge in [0.15, 0.2) is 0 Å². The summed E-state index contributed by atoms with van der Waals surface area (Å²) in [6.45, 7) is 0.608. The average Bonchev–Trinajstić information content (AvgIpc) is 2.26. The Morgan fingerprint density at radius 3 is 2.57 bits per heavy atom. The standard InChI is InChI=1S/C11H17NO2/c1-13-10-6-4-3-5-9(10)11(14-2)7-8-12/h3-6,11H,7-8,12H2,1-2H3. The van der Waals surface area contributed by atoms with Crippen LogP contribution in [-0.4, -0.2) is 20.8 Å².